The van der Waals surface area contributed by atoms with Gasteiger partial charge in [0.05, 0.1) is 0 Å². The summed E-state index contributed by atoms with van der Waals surface area (Å²) in [6.07, 6.45) is 0. The third kappa shape index (κ3) is 105. The zero-order chi connectivity index (χ0) is 4.50. The van der Waals surface area contributed by atoms with Crippen LogP contribution in [-0.4, -0.2) is 13.0 Å². The number of hydrogen-bond acceptors (Lipinski definition) is 2. The minimum absolute atomic E-state index is 0. The van der Waals surface area contributed by atoms with Gasteiger partial charge in [-0.1, -0.05) is 0 Å². The van der Waals surface area contributed by atoms with E-state index in [-0.39, 0.29) is 17.0 Å². The van der Waals surface area contributed by atoms with Crippen LogP contribution in [-0.2, 0) is 9.74 Å². The fourth-order valence-electron chi connectivity index (χ4n) is 0. The van der Waals surface area contributed by atoms with Crippen LogP contribution in [0.4, 0.5) is 0 Å². The van der Waals surface area contributed by atoms with Gasteiger partial charge in [0.2, 0.25) is 0 Å². The first-order valence-corrected chi connectivity index (χ1v) is 3.67. The zero-order valence-electron chi connectivity index (χ0n) is 2.66. The first-order chi connectivity index (χ1) is 2.00. The Morgan fingerprint density at radius 3 is 1.50 bits per heavy atom. The van der Waals surface area contributed by atoms with Crippen molar-refractivity contribution < 1.29 is 13.0 Å². The predicted octanol–water partition coefficient (Wildman–Crippen LogP) is 0.242. The lowest BCUT2D eigenvalue weighted by Crippen LogP contribution is -1.76. The van der Waals surface area contributed by atoms with Crippen molar-refractivity contribution >= 4 is 35.2 Å². The largest absolute Gasteiger partial charge is 0.283 e. The van der Waals surface area contributed by atoms with Crippen LogP contribution < -0.4 is 0 Å². The number of hydrogen-bond donors (Lipinski definition) is 1. The Labute approximate surface area is 48.6 Å². The molecule has 0 aromatic carbocycles. The highest BCUT2D eigenvalue weighted by molar-refractivity contribution is 8.93. The summed E-state index contributed by atoms with van der Waals surface area (Å²) in [7, 11) is -2.51. The van der Waals surface area contributed by atoms with Gasteiger partial charge < -0.3 is 0 Å². The Morgan fingerprint density at radius 2 is 1.50 bits per heavy atom. The van der Waals surface area contributed by atoms with Gasteiger partial charge in [0.1, 0.15) is 0 Å². The first kappa shape index (κ1) is 9.94. The summed E-state index contributed by atoms with van der Waals surface area (Å²) in [6.45, 7) is 0. The second-order valence-electron chi connectivity index (χ2n) is 0.515. The number of halogens is 1. The van der Waals surface area contributed by atoms with Crippen LogP contribution in [0, 0.1) is 0 Å². The van der Waals surface area contributed by atoms with Gasteiger partial charge in [-0.05, 0) is 0 Å². The Balaban J connectivity index is 0. The Bertz CT molecular complexity index is 94.0. The Kier molecular flexibility index (Phi) is 4.82. The molecular weight excluding hydrogens is 191 g/mol. The van der Waals surface area contributed by atoms with Crippen LogP contribution in [0.5, 0.6) is 0 Å². The molecule has 0 spiro atoms. The van der Waals surface area contributed by atoms with Crippen molar-refractivity contribution in [1.82, 2.24) is 0 Å². The van der Waals surface area contributed by atoms with Crippen molar-refractivity contribution in [3.05, 3.63) is 0 Å². The van der Waals surface area contributed by atoms with E-state index in [2.05, 4.69) is 0 Å². The molecule has 0 fully saturated rings. The summed E-state index contributed by atoms with van der Waals surface area (Å²) in [5.74, 6) is 0. The third-order valence-electron chi connectivity index (χ3n) is 0. The van der Waals surface area contributed by atoms with Crippen LogP contribution in [0.3, 0.4) is 0 Å². The van der Waals surface area contributed by atoms with E-state index in [0.29, 0.717) is 0 Å². The van der Waals surface area contributed by atoms with Crippen LogP contribution in [0.1, 0.15) is 0 Å². The molecule has 0 bridgehead atoms. The van der Waals surface area contributed by atoms with Gasteiger partial charge in [0, 0.05) is 8.44 Å². The maximum absolute atomic E-state index is 9.15. The third-order valence-corrected chi connectivity index (χ3v) is 0. The van der Waals surface area contributed by atoms with E-state index < -0.39 is 9.74 Å². The van der Waals surface area contributed by atoms with Crippen molar-refractivity contribution in [2.45, 2.75) is 0 Å². The molecule has 0 saturated heterocycles. The molecule has 0 heterocycles. The number of rotatable bonds is 0. The summed E-state index contributed by atoms with van der Waals surface area (Å²) >= 11 is 0. The highest BCUT2D eigenvalue weighted by Crippen LogP contribution is 1.89. The van der Waals surface area contributed by atoms with E-state index >= 15 is 0 Å². The van der Waals surface area contributed by atoms with Crippen molar-refractivity contribution in [3.8, 4) is 0 Å². The normalized spacial score (nSPS) is 9.67. The summed E-state index contributed by atoms with van der Waals surface area (Å²) in [6, 6.07) is 0. The molecule has 6 heteroatoms. The van der Waals surface area contributed by atoms with E-state index in [0.717, 1.165) is 0 Å². The van der Waals surface area contributed by atoms with Crippen molar-refractivity contribution in [2.24, 2.45) is 0 Å². The molecule has 0 aliphatic heterocycles. The van der Waals surface area contributed by atoms with Crippen LogP contribution in [0.2, 0.25) is 0 Å². The highest BCUT2D eigenvalue weighted by Gasteiger charge is 1.81. The molecule has 0 saturated carbocycles. The van der Waals surface area contributed by atoms with Gasteiger partial charge in [-0.2, -0.15) is 8.42 Å². The van der Waals surface area contributed by atoms with E-state index in [1.807, 2.05) is 0 Å². The second kappa shape index (κ2) is 2.91. The van der Waals surface area contributed by atoms with E-state index in [9.17, 15) is 0 Å². The molecule has 0 aromatic rings. The maximum Gasteiger partial charge on any atom is 0.275 e. The SMILES string of the molecule is Br.O=S(=O)(O)P. The van der Waals surface area contributed by atoms with Crippen LogP contribution in [0.15, 0.2) is 0 Å². The van der Waals surface area contributed by atoms with Gasteiger partial charge >= 0.3 is 0 Å². The van der Waals surface area contributed by atoms with Crippen molar-refractivity contribution in [2.75, 3.05) is 0 Å². The Morgan fingerprint density at radius 1 is 1.50 bits per heavy atom. The predicted molar refractivity (Wildman–Crippen MR) is 31.6 cm³/mol. The van der Waals surface area contributed by atoms with Crippen LogP contribution >= 0.6 is 25.4 Å². The van der Waals surface area contributed by atoms with Crippen LogP contribution in [0.25, 0.3) is 0 Å². The molecule has 0 aliphatic carbocycles. The minimum Gasteiger partial charge on any atom is -0.283 e. The molecule has 0 amide bonds. The van der Waals surface area contributed by atoms with Gasteiger partial charge in [0.25, 0.3) is 9.74 Å². The standard InChI is InChI=1S/BrH.H3O3PS/c;1-5(2,3)4/h1H;4H2,(H,1,2,3). The smallest absolute Gasteiger partial charge is 0.275 e. The monoisotopic (exact) mass is 194 g/mol. The molecule has 0 aromatic heterocycles. The molecule has 1 unspecified atom stereocenters. The first-order valence-electron chi connectivity index (χ1n) is 0.752. The highest BCUT2D eigenvalue weighted by atomic mass is 79.9. The summed E-state index contributed by atoms with van der Waals surface area (Å²) < 4.78 is 25.8. The molecule has 1 atom stereocenters. The summed E-state index contributed by atoms with van der Waals surface area (Å²) in [4.78, 5) is 0. The molecule has 0 radical (unpaired) electrons. The van der Waals surface area contributed by atoms with Gasteiger partial charge in [-0.15, -0.1) is 17.0 Å². The molecule has 0 aliphatic rings. The average molecular weight is 195 g/mol. The zero-order valence-corrected chi connectivity index (χ0v) is 6.34. The molecule has 1 N–H and O–H groups in total. The molecule has 0 rings (SSSR count). The molecule has 6 heavy (non-hydrogen) atoms. The molecular formula is H4BrO3PS. The minimum atomic E-state index is -3.75. The summed E-state index contributed by atoms with van der Waals surface area (Å²) in [5.41, 5.74) is 0. The van der Waals surface area contributed by atoms with Gasteiger partial charge in [0.15, 0.2) is 0 Å². The van der Waals surface area contributed by atoms with E-state index in [4.69, 9.17) is 13.0 Å². The lowest BCUT2D eigenvalue weighted by Gasteiger charge is -1.69. The topological polar surface area (TPSA) is 54.4 Å². The quantitative estimate of drug-likeness (QED) is 0.445. The second-order valence-corrected chi connectivity index (χ2v) is 3.33. The maximum atomic E-state index is 9.15. The molecule has 40 valence electrons. The molecule has 3 nitrogen and oxygen atoms in total. The van der Waals surface area contributed by atoms with E-state index in [1.165, 1.54) is 8.44 Å². The van der Waals surface area contributed by atoms with Gasteiger partial charge in [-0.25, -0.2) is 0 Å². The van der Waals surface area contributed by atoms with Crippen molar-refractivity contribution in [1.29, 1.82) is 0 Å². The average Bonchev–Trinajstić information content (AvgIpc) is 0.722. The lowest BCUT2D eigenvalue weighted by molar-refractivity contribution is 0.503. The fourth-order valence-corrected chi connectivity index (χ4v) is 0. The Hall–Kier alpha value is 0.820. The lowest BCUT2D eigenvalue weighted by atomic mass is 15.9. The van der Waals surface area contributed by atoms with E-state index in [1.54, 1.807) is 0 Å². The summed E-state index contributed by atoms with van der Waals surface area (Å²) in [5, 5.41) is 0. The van der Waals surface area contributed by atoms with Gasteiger partial charge in [-0.3, -0.25) is 4.55 Å². The van der Waals surface area contributed by atoms with Crippen molar-refractivity contribution in [3.63, 3.8) is 0 Å². The fraction of sp³-hybridized carbons (Fsp3) is 0.